The third-order valence-electron chi connectivity index (χ3n) is 2.42. The van der Waals surface area contributed by atoms with Crippen LogP contribution in [-0.2, 0) is 14.3 Å². The molecular formula is C12H12Cl2N2O3. The number of anilines is 1. The van der Waals surface area contributed by atoms with Crippen molar-refractivity contribution in [1.82, 2.24) is 5.32 Å². The maximum absolute atomic E-state index is 11.6. The lowest BCUT2D eigenvalue weighted by molar-refractivity contribution is -0.122. The van der Waals surface area contributed by atoms with Crippen LogP contribution in [0.15, 0.2) is 18.2 Å². The summed E-state index contributed by atoms with van der Waals surface area (Å²) in [4.78, 5) is 22.9. The van der Waals surface area contributed by atoms with Crippen LogP contribution < -0.4 is 10.6 Å². The molecule has 0 bridgehead atoms. The molecule has 7 heteroatoms. The highest BCUT2D eigenvalue weighted by Gasteiger charge is 2.30. The highest BCUT2D eigenvalue weighted by Crippen LogP contribution is 2.22. The van der Waals surface area contributed by atoms with Gasteiger partial charge in [0, 0.05) is 28.7 Å². The first-order chi connectivity index (χ1) is 9.04. The molecule has 1 aromatic carbocycles. The normalized spacial score (nSPS) is 16.8. The van der Waals surface area contributed by atoms with Gasteiger partial charge >= 0.3 is 0 Å². The number of rotatable bonds is 5. The largest absolute Gasteiger partial charge is 0.363 e. The van der Waals surface area contributed by atoms with E-state index < -0.39 is 0 Å². The van der Waals surface area contributed by atoms with Crippen LogP contribution in [0.3, 0.4) is 0 Å². The van der Waals surface area contributed by atoms with E-state index in [9.17, 15) is 9.59 Å². The fourth-order valence-electron chi connectivity index (χ4n) is 1.46. The van der Waals surface area contributed by atoms with E-state index in [4.69, 9.17) is 27.9 Å². The first-order valence-corrected chi connectivity index (χ1v) is 6.45. The average molecular weight is 303 g/mol. The van der Waals surface area contributed by atoms with Gasteiger partial charge in [0.05, 0.1) is 6.61 Å². The van der Waals surface area contributed by atoms with Gasteiger partial charge in [0.2, 0.25) is 5.91 Å². The molecule has 2 amide bonds. The van der Waals surface area contributed by atoms with Crippen LogP contribution in [0.5, 0.6) is 0 Å². The summed E-state index contributed by atoms with van der Waals surface area (Å²) < 4.78 is 4.81. The molecule has 2 rings (SSSR count). The molecule has 0 radical (unpaired) electrons. The minimum atomic E-state index is -0.338. The van der Waals surface area contributed by atoms with E-state index in [0.29, 0.717) is 22.3 Å². The molecule has 0 aromatic heterocycles. The lowest BCUT2D eigenvalue weighted by Gasteiger charge is -2.07. The van der Waals surface area contributed by atoms with Crippen molar-refractivity contribution in [3.63, 3.8) is 0 Å². The standard InChI is InChI=1S/C12H12Cl2N2O3/c13-7-3-8(14)5-9(4-7)16-11(17)1-2-15-12(18)10-6-19-10/h3-5,10H,1-2,6H2,(H,15,18)(H,16,17). The molecule has 5 nitrogen and oxygen atoms in total. The fourth-order valence-corrected chi connectivity index (χ4v) is 1.99. The molecule has 1 unspecified atom stereocenters. The smallest absolute Gasteiger partial charge is 0.251 e. The number of halogens is 2. The number of carbonyl (C=O) groups excluding carboxylic acids is 2. The van der Waals surface area contributed by atoms with E-state index in [1.54, 1.807) is 18.2 Å². The molecule has 2 N–H and O–H groups in total. The fraction of sp³-hybridized carbons (Fsp3) is 0.333. The van der Waals surface area contributed by atoms with E-state index in [0.717, 1.165) is 0 Å². The highest BCUT2D eigenvalue weighted by molar-refractivity contribution is 6.35. The minimum Gasteiger partial charge on any atom is -0.363 e. The van der Waals surface area contributed by atoms with Crippen molar-refractivity contribution in [2.24, 2.45) is 0 Å². The second-order valence-corrected chi connectivity index (χ2v) is 4.94. The zero-order valence-corrected chi connectivity index (χ0v) is 11.4. The Morgan fingerprint density at radius 1 is 1.26 bits per heavy atom. The van der Waals surface area contributed by atoms with Crippen molar-refractivity contribution in [1.29, 1.82) is 0 Å². The number of nitrogens with one attached hydrogen (secondary N) is 2. The highest BCUT2D eigenvalue weighted by atomic mass is 35.5. The van der Waals surface area contributed by atoms with Gasteiger partial charge in [-0.05, 0) is 18.2 Å². The second-order valence-electron chi connectivity index (χ2n) is 4.07. The SMILES string of the molecule is O=C(CCNC(=O)C1CO1)Nc1cc(Cl)cc(Cl)c1. The number of carbonyl (C=O) groups is 2. The summed E-state index contributed by atoms with van der Waals surface area (Å²) in [5.41, 5.74) is 0.527. The maximum Gasteiger partial charge on any atom is 0.251 e. The summed E-state index contributed by atoms with van der Waals surface area (Å²) in [6.45, 7) is 0.720. The molecule has 1 saturated heterocycles. The molecule has 1 heterocycles. The summed E-state index contributed by atoms with van der Waals surface area (Å²) in [5, 5.41) is 6.15. The van der Waals surface area contributed by atoms with Crippen LogP contribution in [0.1, 0.15) is 6.42 Å². The lowest BCUT2D eigenvalue weighted by Crippen LogP contribution is -2.31. The Morgan fingerprint density at radius 3 is 2.47 bits per heavy atom. The van der Waals surface area contributed by atoms with Crippen molar-refractivity contribution in [3.05, 3.63) is 28.2 Å². The number of benzene rings is 1. The van der Waals surface area contributed by atoms with Gasteiger partial charge in [0.15, 0.2) is 6.10 Å². The van der Waals surface area contributed by atoms with Crippen LogP contribution >= 0.6 is 23.2 Å². The molecule has 1 aliphatic heterocycles. The van der Waals surface area contributed by atoms with Crippen molar-refractivity contribution in [2.45, 2.75) is 12.5 Å². The van der Waals surface area contributed by atoms with E-state index in [-0.39, 0.29) is 30.9 Å². The zero-order valence-electron chi connectivity index (χ0n) is 9.91. The van der Waals surface area contributed by atoms with E-state index >= 15 is 0 Å². The van der Waals surface area contributed by atoms with Gasteiger partial charge in [-0.1, -0.05) is 23.2 Å². The van der Waals surface area contributed by atoms with Crippen molar-refractivity contribution in [2.75, 3.05) is 18.5 Å². The molecule has 19 heavy (non-hydrogen) atoms. The van der Waals surface area contributed by atoms with Crippen molar-refractivity contribution in [3.8, 4) is 0 Å². The van der Waals surface area contributed by atoms with Gasteiger partial charge in [-0.3, -0.25) is 9.59 Å². The predicted octanol–water partition coefficient (Wildman–Crippen LogP) is 1.84. The van der Waals surface area contributed by atoms with Crippen LogP contribution in [0, 0.1) is 0 Å². The zero-order chi connectivity index (χ0) is 13.8. The monoisotopic (exact) mass is 302 g/mol. The van der Waals surface area contributed by atoms with Crippen molar-refractivity contribution < 1.29 is 14.3 Å². The number of ether oxygens (including phenoxy) is 1. The van der Waals surface area contributed by atoms with E-state index in [2.05, 4.69) is 10.6 Å². The summed E-state index contributed by atoms with van der Waals surface area (Å²) in [5.74, 6) is -0.408. The van der Waals surface area contributed by atoms with Crippen LogP contribution in [0.25, 0.3) is 0 Å². The van der Waals surface area contributed by atoms with Gasteiger partial charge in [-0.15, -0.1) is 0 Å². The average Bonchev–Trinajstić information content (AvgIpc) is 3.10. The van der Waals surface area contributed by atoms with Gasteiger partial charge in [0.1, 0.15) is 0 Å². The summed E-state index contributed by atoms with van der Waals surface area (Å²) in [6, 6.07) is 4.78. The molecular weight excluding hydrogens is 291 g/mol. The van der Waals surface area contributed by atoms with Crippen LogP contribution in [-0.4, -0.2) is 31.1 Å². The molecule has 1 fully saturated rings. The maximum atomic E-state index is 11.6. The first kappa shape index (κ1) is 14.1. The second kappa shape index (κ2) is 6.23. The molecule has 0 aliphatic carbocycles. The van der Waals surface area contributed by atoms with Crippen LogP contribution in [0.4, 0.5) is 5.69 Å². The Kier molecular flexibility index (Phi) is 4.63. The third-order valence-corrected chi connectivity index (χ3v) is 2.86. The number of epoxide rings is 1. The topological polar surface area (TPSA) is 70.7 Å². The Hall–Kier alpha value is -1.30. The van der Waals surface area contributed by atoms with Crippen molar-refractivity contribution >= 4 is 40.7 Å². The molecule has 0 spiro atoms. The summed E-state index contributed by atoms with van der Waals surface area (Å²) in [6.07, 6.45) is -0.169. The quantitative estimate of drug-likeness (QED) is 0.815. The number of amides is 2. The molecule has 1 atom stereocenters. The van der Waals surface area contributed by atoms with Gasteiger partial charge in [-0.25, -0.2) is 0 Å². The molecule has 1 aromatic rings. The Morgan fingerprint density at radius 2 is 1.89 bits per heavy atom. The lowest BCUT2D eigenvalue weighted by atomic mass is 10.3. The number of hydrogen-bond donors (Lipinski definition) is 2. The van der Waals surface area contributed by atoms with Gasteiger partial charge in [0.25, 0.3) is 5.91 Å². The number of hydrogen-bond acceptors (Lipinski definition) is 3. The molecule has 1 aliphatic rings. The Labute approximate surface area is 120 Å². The summed E-state index contributed by atoms with van der Waals surface area (Å²) in [7, 11) is 0. The van der Waals surface area contributed by atoms with E-state index in [1.165, 1.54) is 0 Å². The molecule has 102 valence electrons. The van der Waals surface area contributed by atoms with Gasteiger partial charge in [-0.2, -0.15) is 0 Å². The Bertz CT molecular complexity index is 483. The first-order valence-electron chi connectivity index (χ1n) is 5.70. The Balaban J connectivity index is 1.75. The predicted molar refractivity (Wildman–Crippen MR) is 72.5 cm³/mol. The van der Waals surface area contributed by atoms with E-state index in [1.807, 2.05) is 0 Å². The third kappa shape index (κ3) is 4.70. The minimum absolute atomic E-state index is 0.169. The van der Waals surface area contributed by atoms with Crippen LogP contribution in [0.2, 0.25) is 10.0 Å². The summed E-state index contributed by atoms with van der Waals surface area (Å²) >= 11 is 11.6. The van der Waals surface area contributed by atoms with Gasteiger partial charge < -0.3 is 15.4 Å². The molecule has 0 saturated carbocycles.